The summed E-state index contributed by atoms with van der Waals surface area (Å²) in [6.07, 6.45) is 1.72. The lowest BCUT2D eigenvalue weighted by molar-refractivity contribution is 0.309. The molecule has 0 radical (unpaired) electrons. The molecule has 0 spiro atoms. The SMILES string of the molecule is CCOc1nnc2cc(C#N)ccn12. The summed E-state index contributed by atoms with van der Waals surface area (Å²) in [5.74, 6) is 0. The van der Waals surface area contributed by atoms with Crippen LogP contribution in [0.5, 0.6) is 6.01 Å². The maximum absolute atomic E-state index is 8.67. The molecule has 2 heterocycles. The molecule has 0 atom stereocenters. The van der Waals surface area contributed by atoms with Crippen LogP contribution in [0.4, 0.5) is 0 Å². The van der Waals surface area contributed by atoms with Crippen molar-refractivity contribution in [1.29, 1.82) is 5.26 Å². The van der Waals surface area contributed by atoms with Gasteiger partial charge in [0.15, 0.2) is 5.65 Å². The number of ether oxygens (including phenoxy) is 1. The largest absolute Gasteiger partial charge is 0.464 e. The minimum absolute atomic E-state index is 0.451. The lowest BCUT2D eigenvalue weighted by atomic mass is 10.3. The molecule has 0 aromatic carbocycles. The van der Waals surface area contributed by atoms with Crippen LogP contribution in [0, 0.1) is 11.3 Å². The second-order valence-corrected chi connectivity index (χ2v) is 2.67. The fourth-order valence-corrected chi connectivity index (χ4v) is 1.17. The van der Waals surface area contributed by atoms with Crippen LogP contribution in [-0.4, -0.2) is 21.2 Å². The standard InChI is InChI=1S/C9H8N4O/c1-2-14-9-12-11-8-5-7(6-10)3-4-13(8)9/h3-5H,2H2,1H3. The average Bonchev–Trinajstić information content (AvgIpc) is 2.61. The highest BCUT2D eigenvalue weighted by Gasteiger charge is 2.05. The van der Waals surface area contributed by atoms with Gasteiger partial charge in [0.05, 0.1) is 18.2 Å². The van der Waals surface area contributed by atoms with Crippen LogP contribution in [-0.2, 0) is 0 Å². The van der Waals surface area contributed by atoms with Gasteiger partial charge in [-0.15, -0.1) is 5.10 Å². The van der Waals surface area contributed by atoms with Crippen LogP contribution in [0.2, 0.25) is 0 Å². The Bertz CT molecular complexity index is 497. The summed E-state index contributed by atoms with van der Waals surface area (Å²) >= 11 is 0. The van der Waals surface area contributed by atoms with Gasteiger partial charge in [0.1, 0.15) is 0 Å². The number of aromatic nitrogens is 3. The molecule has 0 fully saturated rings. The molecule has 0 bridgehead atoms. The molecular formula is C9H8N4O. The zero-order valence-corrected chi connectivity index (χ0v) is 7.64. The third-order valence-corrected chi connectivity index (χ3v) is 1.78. The summed E-state index contributed by atoms with van der Waals surface area (Å²) < 4.78 is 6.94. The number of hydrogen-bond acceptors (Lipinski definition) is 4. The van der Waals surface area contributed by atoms with Crippen molar-refractivity contribution in [3.63, 3.8) is 0 Å². The lowest BCUT2D eigenvalue weighted by Crippen LogP contribution is -1.96. The van der Waals surface area contributed by atoms with Gasteiger partial charge in [-0.3, -0.25) is 4.40 Å². The number of nitriles is 1. The molecule has 0 unspecified atom stereocenters. The van der Waals surface area contributed by atoms with E-state index in [1.807, 2.05) is 13.0 Å². The first-order valence-electron chi connectivity index (χ1n) is 4.23. The van der Waals surface area contributed by atoms with Crippen molar-refractivity contribution in [3.8, 4) is 12.1 Å². The van der Waals surface area contributed by atoms with Crippen molar-refractivity contribution in [2.45, 2.75) is 6.92 Å². The highest BCUT2D eigenvalue weighted by molar-refractivity contribution is 5.46. The molecule has 2 aromatic heterocycles. The molecule has 0 amide bonds. The van der Waals surface area contributed by atoms with Gasteiger partial charge in [-0.25, -0.2) is 0 Å². The molecule has 2 rings (SSSR count). The van der Waals surface area contributed by atoms with E-state index < -0.39 is 0 Å². The fourth-order valence-electron chi connectivity index (χ4n) is 1.17. The van der Waals surface area contributed by atoms with Crippen LogP contribution >= 0.6 is 0 Å². The van der Waals surface area contributed by atoms with Crippen molar-refractivity contribution < 1.29 is 4.74 Å². The molecule has 0 aliphatic heterocycles. The summed E-state index contributed by atoms with van der Waals surface area (Å²) in [7, 11) is 0. The van der Waals surface area contributed by atoms with Gasteiger partial charge < -0.3 is 4.74 Å². The number of fused-ring (bicyclic) bond motifs is 1. The maximum atomic E-state index is 8.67. The van der Waals surface area contributed by atoms with Crippen molar-refractivity contribution in [2.24, 2.45) is 0 Å². The molecule has 5 heteroatoms. The number of pyridine rings is 1. The normalized spacial score (nSPS) is 10.0. The summed E-state index contributed by atoms with van der Waals surface area (Å²) in [6, 6.07) is 5.84. The van der Waals surface area contributed by atoms with Crippen molar-refractivity contribution >= 4 is 5.65 Å². The van der Waals surface area contributed by atoms with Gasteiger partial charge in [-0.1, -0.05) is 5.10 Å². The Hall–Kier alpha value is -2.09. The smallest absolute Gasteiger partial charge is 0.321 e. The maximum Gasteiger partial charge on any atom is 0.321 e. The van der Waals surface area contributed by atoms with Crippen molar-refractivity contribution in [1.82, 2.24) is 14.6 Å². The van der Waals surface area contributed by atoms with Gasteiger partial charge >= 0.3 is 6.01 Å². The summed E-state index contributed by atoms with van der Waals surface area (Å²) in [4.78, 5) is 0. The Morgan fingerprint density at radius 1 is 1.57 bits per heavy atom. The minimum atomic E-state index is 0.451. The van der Waals surface area contributed by atoms with E-state index in [4.69, 9.17) is 10.00 Å². The van der Waals surface area contributed by atoms with Crippen LogP contribution < -0.4 is 4.74 Å². The molecule has 2 aromatic rings. The van der Waals surface area contributed by atoms with E-state index in [-0.39, 0.29) is 0 Å². The van der Waals surface area contributed by atoms with E-state index in [1.165, 1.54) is 0 Å². The van der Waals surface area contributed by atoms with Crippen LogP contribution in [0.3, 0.4) is 0 Å². The Morgan fingerprint density at radius 2 is 2.43 bits per heavy atom. The molecule has 14 heavy (non-hydrogen) atoms. The second kappa shape index (κ2) is 3.34. The predicted octanol–water partition coefficient (Wildman–Crippen LogP) is 1.000. The van der Waals surface area contributed by atoms with Gasteiger partial charge in [-0.2, -0.15) is 5.26 Å². The third kappa shape index (κ3) is 1.27. The Balaban J connectivity index is 2.55. The van der Waals surface area contributed by atoms with Gasteiger partial charge in [0.2, 0.25) is 0 Å². The quantitative estimate of drug-likeness (QED) is 0.705. The van der Waals surface area contributed by atoms with Gasteiger partial charge in [-0.05, 0) is 13.0 Å². The highest BCUT2D eigenvalue weighted by Crippen LogP contribution is 2.11. The van der Waals surface area contributed by atoms with Crippen LogP contribution in [0.1, 0.15) is 12.5 Å². The molecule has 5 nitrogen and oxygen atoms in total. The van der Waals surface area contributed by atoms with Gasteiger partial charge in [0.25, 0.3) is 0 Å². The zero-order valence-electron chi connectivity index (χ0n) is 7.64. The van der Waals surface area contributed by atoms with Crippen LogP contribution in [0.15, 0.2) is 18.3 Å². The van der Waals surface area contributed by atoms with E-state index in [0.29, 0.717) is 23.8 Å². The first kappa shape index (κ1) is 8.51. The van der Waals surface area contributed by atoms with Crippen molar-refractivity contribution in [3.05, 3.63) is 23.9 Å². The van der Waals surface area contributed by atoms with Crippen LogP contribution in [0.25, 0.3) is 5.65 Å². The molecule has 0 N–H and O–H groups in total. The number of hydrogen-bond donors (Lipinski definition) is 0. The van der Waals surface area contributed by atoms with Crippen molar-refractivity contribution in [2.75, 3.05) is 6.61 Å². The Kier molecular flexibility index (Phi) is 2.03. The van der Waals surface area contributed by atoms with E-state index in [0.717, 1.165) is 0 Å². The topological polar surface area (TPSA) is 63.2 Å². The Labute approximate surface area is 80.6 Å². The zero-order chi connectivity index (χ0) is 9.97. The minimum Gasteiger partial charge on any atom is -0.464 e. The average molecular weight is 188 g/mol. The predicted molar refractivity (Wildman–Crippen MR) is 48.9 cm³/mol. The molecule has 70 valence electrons. The number of nitrogens with zero attached hydrogens (tertiary/aromatic N) is 4. The summed E-state index contributed by atoms with van der Waals surface area (Å²) in [6.45, 7) is 2.42. The van der Waals surface area contributed by atoms with E-state index in [2.05, 4.69) is 10.2 Å². The first-order chi connectivity index (χ1) is 6.85. The fraction of sp³-hybridized carbons (Fsp3) is 0.222. The highest BCUT2D eigenvalue weighted by atomic mass is 16.5. The molecule has 0 saturated carbocycles. The summed E-state index contributed by atoms with van der Waals surface area (Å²) in [5.41, 5.74) is 1.18. The van der Waals surface area contributed by atoms with Gasteiger partial charge in [0, 0.05) is 12.3 Å². The summed E-state index contributed by atoms with van der Waals surface area (Å²) in [5, 5.41) is 16.4. The second-order valence-electron chi connectivity index (χ2n) is 2.67. The molecule has 0 aliphatic carbocycles. The van der Waals surface area contributed by atoms with E-state index >= 15 is 0 Å². The van der Waals surface area contributed by atoms with E-state index in [9.17, 15) is 0 Å². The molecular weight excluding hydrogens is 180 g/mol. The third-order valence-electron chi connectivity index (χ3n) is 1.78. The first-order valence-corrected chi connectivity index (χ1v) is 4.23. The monoisotopic (exact) mass is 188 g/mol. The molecule has 0 aliphatic rings. The number of rotatable bonds is 2. The molecule has 0 saturated heterocycles. The van der Waals surface area contributed by atoms with E-state index in [1.54, 1.807) is 22.7 Å². The lowest BCUT2D eigenvalue weighted by Gasteiger charge is -1.98. The Morgan fingerprint density at radius 3 is 3.14 bits per heavy atom.